The number of hydrazone groups is 1. The molecule has 3 aromatic rings. The number of hydrogen-bond donors (Lipinski definition) is 1. The molecule has 0 saturated heterocycles. The van der Waals surface area contributed by atoms with Gasteiger partial charge >= 0.3 is 0 Å². The van der Waals surface area contributed by atoms with Crippen LogP contribution in [-0.4, -0.2) is 23.1 Å². The number of nitrogens with zero attached hydrogens (tertiary/aromatic N) is 3. The molecule has 1 amide bonds. The van der Waals surface area contributed by atoms with Gasteiger partial charge in [-0.05, 0) is 29.8 Å². The lowest BCUT2D eigenvalue weighted by molar-refractivity contribution is -0.114. The molecular formula is C23H22N4O. The Morgan fingerprint density at radius 1 is 0.964 bits per heavy atom. The Kier molecular flexibility index (Phi) is 5.43. The Morgan fingerprint density at radius 2 is 1.68 bits per heavy atom. The van der Waals surface area contributed by atoms with E-state index < -0.39 is 0 Å². The van der Waals surface area contributed by atoms with Gasteiger partial charge in [-0.25, -0.2) is 0 Å². The maximum absolute atomic E-state index is 12.7. The average molecular weight is 370 g/mol. The molecule has 5 nitrogen and oxygen atoms in total. The molecular weight excluding hydrogens is 348 g/mol. The van der Waals surface area contributed by atoms with Crippen LogP contribution in [0, 0.1) is 0 Å². The lowest BCUT2D eigenvalue weighted by Gasteiger charge is -2.23. The number of rotatable bonds is 6. The van der Waals surface area contributed by atoms with Crippen LogP contribution in [-0.2, 0) is 11.2 Å². The monoisotopic (exact) mass is 370 g/mol. The Hall–Kier alpha value is -3.47. The Morgan fingerprint density at radius 3 is 2.39 bits per heavy atom. The van der Waals surface area contributed by atoms with Gasteiger partial charge in [0.2, 0.25) is 0 Å². The van der Waals surface area contributed by atoms with Gasteiger partial charge in [0.25, 0.3) is 5.91 Å². The van der Waals surface area contributed by atoms with Gasteiger partial charge in [-0.15, -0.1) is 0 Å². The van der Waals surface area contributed by atoms with E-state index in [4.69, 9.17) is 0 Å². The smallest absolute Gasteiger partial charge is 0.267 e. The number of anilines is 1. The van der Waals surface area contributed by atoms with Crippen LogP contribution in [0.2, 0.25) is 0 Å². The van der Waals surface area contributed by atoms with E-state index in [1.807, 2.05) is 71.7 Å². The number of carbonyl (C=O) groups is 1. The van der Waals surface area contributed by atoms with E-state index in [-0.39, 0.29) is 11.9 Å². The summed E-state index contributed by atoms with van der Waals surface area (Å²) in [6.07, 6.45) is 3.04. The summed E-state index contributed by atoms with van der Waals surface area (Å²) < 4.78 is 0. The molecule has 1 aliphatic rings. The number of hydrogen-bond acceptors (Lipinski definition) is 4. The molecule has 2 aromatic carbocycles. The van der Waals surface area contributed by atoms with Crippen molar-refractivity contribution >= 4 is 17.3 Å². The normalized spacial score (nSPS) is 15.9. The van der Waals surface area contributed by atoms with Crippen molar-refractivity contribution in [3.63, 3.8) is 0 Å². The number of pyridine rings is 1. The van der Waals surface area contributed by atoms with Crippen LogP contribution in [0.15, 0.2) is 90.2 Å². The summed E-state index contributed by atoms with van der Waals surface area (Å²) >= 11 is 0. The molecule has 1 atom stereocenters. The molecule has 4 rings (SSSR count). The van der Waals surface area contributed by atoms with Gasteiger partial charge in [0.15, 0.2) is 0 Å². The van der Waals surface area contributed by atoms with E-state index in [0.717, 1.165) is 16.9 Å². The maximum Gasteiger partial charge on any atom is 0.267 e. The standard InChI is InChI=1S/C23H22N4O/c28-23(25-16-14-19-11-7-8-15-24-19)21-17-22(18-9-3-1-4-10-18)27(26-21)20-12-5-2-6-13-20/h1-13,15,22H,14,16-17H2,(H,25,28)/t22-/m0/s1. The molecule has 1 aliphatic heterocycles. The molecule has 28 heavy (non-hydrogen) atoms. The van der Waals surface area contributed by atoms with E-state index >= 15 is 0 Å². The minimum Gasteiger partial charge on any atom is -0.351 e. The number of nitrogens with one attached hydrogen (secondary N) is 1. The van der Waals surface area contributed by atoms with Gasteiger partial charge in [-0.1, -0.05) is 54.6 Å². The summed E-state index contributed by atoms with van der Waals surface area (Å²) in [4.78, 5) is 17.0. The molecule has 0 aliphatic carbocycles. The van der Waals surface area contributed by atoms with Crippen molar-refractivity contribution in [2.75, 3.05) is 11.6 Å². The summed E-state index contributed by atoms with van der Waals surface area (Å²) in [7, 11) is 0. The predicted molar refractivity (Wildman–Crippen MR) is 111 cm³/mol. The van der Waals surface area contributed by atoms with E-state index in [1.165, 1.54) is 0 Å². The Bertz CT molecular complexity index is 942. The minimum atomic E-state index is -0.115. The third kappa shape index (κ3) is 4.09. The average Bonchev–Trinajstić information content (AvgIpc) is 3.21. The Balaban J connectivity index is 1.48. The van der Waals surface area contributed by atoms with Gasteiger partial charge in [0, 0.05) is 31.3 Å². The zero-order valence-corrected chi connectivity index (χ0v) is 15.5. The molecule has 0 unspecified atom stereocenters. The maximum atomic E-state index is 12.7. The number of aromatic nitrogens is 1. The van der Waals surface area contributed by atoms with Crippen LogP contribution in [0.25, 0.3) is 0 Å². The van der Waals surface area contributed by atoms with Crippen LogP contribution < -0.4 is 10.3 Å². The van der Waals surface area contributed by atoms with Gasteiger partial charge in [-0.2, -0.15) is 5.10 Å². The first-order valence-corrected chi connectivity index (χ1v) is 9.46. The van der Waals surface area contributed by atoms with Crippen LogP contribution in [0.5, 0.6) is 0 Å². The second-order valence-corrected chi connectivity index (χ2v) is 6.68. The SMILES string of the molecule is O=C(NCCc1ccccn1)C1=NN(c2ccccc2)[C@H](c2ccccc2)C1. The van der Waals surface area contributed by atoms with Crippen molar-refractivity contribution in [2.24, 2.45) is 5.10 Å². The zero-order chi connectivity index (χ0) is 19.2. The van der Waals surface area contributed by atoms with Gasteiger partial charge in [0.05, 0.1) is 11.7 Å². The van der Waals surface area contributed by atoms with Crippen LogP contribution in [0.4, 0.5) is 5.69 Å². The van der Waals surface area contributed by atoms with Gasteiger partial charge < -0.3 is 5.32 Å². The highest BCUT2D eigenvalue weighted by Crippen LogP contribution is 2.34. The molecule has 140 valence electrons. The third-order valence-corrected chi connectivity index (χ3v) is 4.77. The van der Waals surface area contributed by atoms with Crippen LogP contribution in [0.1, 0.15) is 23.7 Å². The summed E-state index contributed by atoms with van der Waals surface area (Å²) in [5, 5.41) is 9.59. The summed E-state index contributed by atoms with van der Waals surface area (Å²) in [5.41, 5.74) is 3.64. The number of carbonyl (C=O) groups excluding carboxylic acids is 1. The summed E-state index contributed by atoms with van der Waals surface area (Å²) in [5.74, 6) is -0.115. The largest absolute Gasteiger partial charge is 0.351 e. The van der Waals surface area contributed by atoms with Crippen molar-refractivity contribution < 1.29 is 4.79 Å². The fourth-order valence-electron chi connectivity index (χ4n) is 3.35. The van der Waals surface area contributed by atoms with Crippen molar-refractivity contribution in [3.8, 4) is 0 Å². The first-order chi connectivity index (χ1) is 13.8. The number of benzene rings is 2. The lowest BCUT2D eigenvalue weighted by Crippen LogP contribution is -2.32. The third-order valence-electron chi connectivity index (χ3n) is 4.77. The van der Waals surface area contributed by atoms with E-state index in [1.54, 1.807) is 6.20 Å². The van der Waals surface area contributed by atoms with E-state index in [0.29, 0.717) is 25.1 Å². The summed E-state index contributed by atoms with van der Waals surface area (Å²) in [6, 6.07) is 26.0. The second-order valence-electron chi connectivity index (χ2n) is 6.68. The molecule has 0 saturated carbocycles. The second kappa shape index (κ2) is 8.48. The molecule has 5 heteroatoms. The van der Waals surface area contributed by atoms with Crippen LogP contribution >= 0.6 is 0 Å². The van der Waals surface area contributed by atoms with Gasteiger partial charge in [-0.3, -0.25) is 14.8 Å². The summed E-state index contributed by atoms with van der Waals surface area (Å²) in [6.45, 7) is 0.538. The fraction of sp³-hybridized carbons (Fsp3) is 0.174. The molecule has 1 N–H and O–H groups in total. The van der Waals surface area contributed by atoms with Crippen molar-refractivity contribution in [3.05, 3.63) is 96.3 Å². The molecule has 2 heterocycles. The number of amides is 1. The molecule has 0 bridgehead atoms. The van der Waals surface area contributed by atoms with Crippen molar-refractivity contribution in [2.45, 2.75) is 18.9 Å². The zero-order valence-electron chi connectivity index (χ0n) is 15.5. The van der Waals surface area contributed by atoms with Crippen molar-refractivity contribution in [1.29, 1.82) is 0 Å². The lowest BCUT2D eigenvalue weighted by atomic mass is 10.0. The predicted octanol–water partition coefficient (Wildman–Crippen LogP) is 3.75. The van der Waals surface area contributed by atoms with Crippen molar-refractivity contribution in [1.82, 2.24) is 10.3 Å². The molecule has 0 spiro atoms. The van der Waals surface area contributed by atoms with E-state index in [9.17, 15) is 4.79 Å². The first kappa shape index (κ1) is 17.9. The van der Waals surface area contributed by atoms with Gasteiger partial charge in [0.1, 0.15) is 5.71 Å². The topological polar surface area (TPSA) is 57.6 Å². The van der Waals surface area contributed by atoms with Crippen LogP contribution in [0.3, 0.4) is 0 Å². The fourth-order valence-corrected chi connectivity index (χ4v) is 3.35. The Labute approximate surface area is 164 Å². The first-order valence-electron chi connectivity index (χ1n) is 9.46. The molecule has 0 radical (unpaired) electrons. The highest BCUT2D eigenvalue weighted by atomic mass is 16.2. The molecule has 1 aromatic heterocycles. The quantitative estimate of drug-likeness (QED) is 0.719. The highest BCUT2D eigenvalue weighted by Gasteiger charge is 2.32. The van der Waals surface area contributed by atoms with E-state index in [2.05, 4.69) is 27.5 Å². The molecule has 0 fully saturated rings. The highest BCUT2D eigenvalue weighted by molar-refractivity contribution is 6.39. The minimum absolute atomic E-state index is 0.0140. The number of para-hydroxylation sites is 1.